The predicted molar refractivity (Wildman–Crippen MR) is 68.1 cm³/mol. The van der Waals surface area contributed by atoms with Crippen LogP contribution in [0, 0.1) is 0 Å². The van der Waals surface area contributed by atoms with Gasteiger partial charge in [0.1, 0.15) is 0 Å². The van der Waals surface area contributed by atoms with Crippen molar-refractivity contribution in [3.8, 4) is 0 Å². The summed E-state index contributed by atoms with van der Waals surface area (Å²) < 4.78 is 5.44. The maximum atomic E-state index is 5.44. The summed E-state index contributed by atoms with van der Waals surface area (Å²) in [4.78, 5) is 4.52. The molecule has 0 atom stereocenters. The Bertz CT molecular complexity index is 517. The third-order valence-corrected chi connectivity index (χ3v) is 3.49. The van der Waals surface area contributed by atoms with Crippen LogP contribution < -0.4 is 5.32 Å². The lowest BCUT2D eigenvalue weighted by Gasteiger charge is -2.09. The fourth-order valence-electron chi connectivity index (χ4n) is 2.27. The number of hydrogen-bond acceptors (Lipinski definition) is 4. The molecule has 4 nitrogen and oxygen atoms in total. The van der Waals surface area contributed by atoms with E-state index in [4.69, 9.17) is 4.52 Å². The lowest BCUT2D eigenvalue weighted by molar-refractivity contribution is 0.354. The van der Waals surface area contributed by atoms with Crippen LogP contribution >= 0.6 is 0 Å². The summed E-state index contributed by atoms with van der Waals surface area (Å²) in [7, 11) is 0. The molecule has 1 aliphatic carbocycles. The van der Waals surface area contributed by atoms with Crippen molar-refractivity contribution in [2.45, 2.75) is 31.7 Å². The fourth-order valence-corrected chi connectivity index (χ4v) is 2.27. The zero-order chi connectivity index (χ0) is 12.4. The summed E-state index contributed by atoms with van der Waals surface area (Å²) >= 11 is 0. The largest absolute Gasteiger partial charge is 0.338 e. The van der Waals surface area contributed by atoms with Gasteiger partial charge in [-0.2, -0.15) is 4.98 Å². The van der Waals surface area contributed by atoms with Crippen LogP contribution in [-0.2, 0) is 12.0 Å². The minimum atomic E-state index is -0.0152. The summed E-state index contributed by atoms with van der Waals surface area (Å²) in [6, 6.07) is 10.4. The highest BCUT2D eigenvalue weighted by atomic mass is 16.5. The SMILES string of the molecule is CCNCc1noc(C2(c3ccccc3)CC2)n1. The van der Waals surface area contributed by atoms with E-state index in [-0.39, 0.29) is 5.41 Å². The highest BCUT2D eigenvalue weighted by molar-refractivity contribution is 5.37. The molecule has 1 aromatic heterocycles. The van der Waals surface area contributed by atoms with Crippen molar-refractivity contribution in [1.29, 1.82) is 0 Å². The van der Waals surface area contributed by atoms with Crippen LogP contribution in [0.4, 0.5) is 0 Å². The first-order valence-electron chi connectivity index (χ1n) is 6.44. The van der Waals surface area contributed by atoms with Crippen LogP contribution in [0.3, 0.4) is 0 Å². The Morgan fingerprint density at radius 3 is 2.72 bits per heavy atom. The van der Waals surface area contributed by atoms with Crippen LogP contribution in [0.2, 0.25) is 0 Å². The van der Waals surface area contributed by atoms with Crippen molar-refractivity contribution in [3.05, 3.63) is 47.6 Å². The van der Waals surface area contributed by atoms with Gasteiger partial charge in [0.25, 0.3) is 0 Å². The Labute approximate surface area is 106 Å². The molecule has 4 heteroatoms. The van der Waals surface area contributed by atoms with Gasteiger partial charge in [-0.25, -0.2) is 0 Å². The van der Waals surface area contributed by atoms with E-state index in [1.54, 1.807) is 0 Å². The molecule has 18 heavy (non-hydrogen) atoms. The number of hydrogen-bond donors (Lipinski definition) is 1. The third kappa shape index (κ3) is 1.93. The molecule has 0 bridgehead atoms. The molecule has 0 unspecified atom stereocenters. The molecule has 1 N–H and O–H groups in total. The van der Waals surface area contributed by atoms with E-state index in [1.807, 2.05) is 6.07 Å². The maximum Gasteiger partial charge on any atom is 0.237 e. The van der Waals surface area contributed by atoms with Gasteiger partial charge in [0.15, 0.2) is 5.82 Å². The summed E-state index contributed by atoms with van der Waals surface area (Å²) in [5.74, 6) is 1.51. The zero-order valence-corrected chi connectivity index (χ0v) is 10.5. The molecule has 3 rings (SSSR count). The first-order valence-corrected chi connectivity index (χ1v) is 6.44. The quantitative estimate of drug-likeness (QED) is 0.875. The Hall–Kier alpha value is -1.68. The Balaban J connectivity index is 1.84. The molecule has 1 aliphatic rings. The molecule has 1 fully saturated rings. The highest BCUT2D eigenvalue weighted by Gasteiger charge is 2.50. The monoisotopic (exact) mass is 243 g/mol. The number of nitrogens with one attached hydrogen (secondary N) is 1. The minimum Gasteiger partial charge on any atom is -0.338 e. The predicted octanol–water partition coefficient (Wildman–Crippen LogP) is 2.26. The molecular weight excluding hydrogens is 226 g/mol. The van der Waals surface area contributed by atoms with E-state index in [2.05, 4.69) is 46.6 Å². The van der Waals surface area contributed by atoms with Gasteiger partial charge in [-0.05, 0) is 24.9 Å². The summed E-state index contributed by atoms with van der Waals surface area (Å²) in [6.45, 7) is 3.64. The molecule has 0 saturated heterocycles. The molecule has 1 aromatic carbocycles. The zero-order valence-electron chi connectivity index (χ0n) is 10.5. The normalized spacial score (nSPS) is 16.7. The smallest absolute Gasteiger partial charge is 0.237 e. The molecule has 0 aliphatic heterocycles. The lowest BCUT2D eigenvalue weighted by atomic mass is 9.96. The van der Waals surface area contributed by atoms with E-state index in [1.165, 1.54) is 5.56 Å². The lowest BCUT2D eigenvalue weighted by Crippen LogP contribution is -2.13. The second-order valence-electron chi connectivity index (χ2n) is 4.74. The summed E-state index contributed by atoms with van der Waals surface area (Å²) in [5, 5.41) is 7.24. The van der Waals surface area contributed by atoms with Gasteiger partial charge in [-0.15, -0.1) is 0 Å². The Morgan fingerprint density at radius 1 is 1.28 bits per heavy atom. The number of nitrogens with zero attached hydrogens (tertiary/aromatic N) is 2. The fraction of sp³-hybridized carbons (Fsp3) is 0.429. The Morgan fingerprint density at radius 2 is 2.06 bits per heavy atom. The minimum absolute atomic E-state index is 0.0152. The van der Waals surface area contributed by atoms with Gasteiger partial charge in [0, 0.05) is 0 Å². The number of rotatable bonds is 5. The van der Waals surface area contributed by atoms with Gasteiger partial charge in [-0.1, -0.05) is 42.4 Å². The van der Waals surface area contributed by atoms with Crippen LogP contribution in [0.5, 0.6) is 0 Å². The van der Waals surface area contributed by atoms with E-state index in [0.29, 0.717) is 6.54 Å². The van der Waals surface area contributed by atoms with E-state index in [0.717, 1.165) is 31.1 Å². The van der Waals surface area contributed by atoms with Crippen molar-refractivity contribution in [2.75, 3.05) is 6.54 Å². The van der Waals surface area contributed by atoms with Gasteiger partial charge in [0.05, 0.1) is 12.0 Å². The molecule has 0 amide bonds. The van der Waals surface area contributed by atoms with Gasteiger partial charge in [-0.3, -0.25) is 0 Å². The first-order chi connectivity index (χ1) is 8.85. The molecule has 0 spiro atoms. The van der Waals surface area contributed by atoms with Crippen LogP contribution in [0.25, 0.3) is 0 Å². The second kappa shape index (κ2) is 4.53. The van der Waals surface area contributed by atoms with E-state index in [9.17, 15) is 0 Å². The van der Waals surface area contributed by atoms with Crippen LogP contribution in [0.15, 0.2) is 34.9 Å². The van der Waals surface area contributed by atoms with Crippen LogP contribution in [0.1, 0.15) is 37.0 Å². The topological polar surface area (TPSA) is 51.0 Å². The average Bonchev–Trinajstić information content (AvgIpc) is 3.10. The summed E-state index contributed by atoms with van der Waals surface area (Å²) in [6.07, 6.45) is 2.19. The van der Waals surface area contributed by atoms with Gasteiger partial charge >= 0.3 is 0 Å². The van der Waals surface area contributed by atoms with Crippen molar-refractivity contribution < 1.29 is 4.52 Å². The van der Waals surface area contributed by atoms with E-state index >= 15 is 0 Å². The Kier molecular flexibility index (Phi) is 2.88. The van der Waals surface area contributed by atoms with Crippen LogP contribution in [-0.4, -0.2) is 16.7 Å². The van der Waals surface area contributed by atoms with Crippen molar-refractivity contribution >= 4 is 0 Å². The van der Waals surface area contributed by atoms with Gasteiger partial charge in [0.2, 0.25) is 5.89 Å². The second-order valence-corrected chi connectivity index (χ2v) is 4.74. The molecule has 0 radical (unpaired) electrons. The molecular formula is C14H17N3O. The van der Waals surface area contributed by atoms with Crippen molar-refractivity contribution in [2.24, 2.45) is 0 Å². The third-order valence-electron chi connectivity index (χ3n) is 3.49. The number of benzene rings is 1. The van der Waals surface area contributed by atoms with Crippen molar-refractivity contribution in [1.82, 2.24) is 15.5 Å². The molecule has 2 aromatic rings. The molecule has 1 saturated carbocycles. The van der Waals surface area contributed by atoms with Gasteiger partial charge < -0.3 is 9.84 Å². The summed E-state index contributed by atoms with van der Waals surface area (Å²) in [5.41, 5.74) is 1.27. The van der Waals surface area contributed by atoms with Crippen molar-refractivity contribution in [3.63, 3.8) is 0 Å². The standard InChI is InChI=1S/C14H17N3O/c1-2-15-10-12-16-13(18-17-12)14(8-9-14)11-6-4-3-5-7-11/h3-7,15H,2,8-10H2,1H3. The molecule has 1 heterocycles. The average molecular weight is 243 g/mol. The maximum absolute atomic E-state index is 5.44. The first kappa shape index (κ1) is 11.4. The molecule has 94 valence electrons. The highest BCUT2D eigenvalue weighted by Crippen LogP contribution is 2.52. The van der Waals surface area contributed by atoms with E-state index < -0.39 is 0 Å². The number of aromatic nitrogens is 2.